The lowest BCUT2D eigenvalue weighted by Crippen LogP contribution is -2.27. The van der Waals surface area contributed by atoms with Gasteiger partial charge >= 0.3 is 0 Å². The summed E-state index contributed by atoms with van der Waals surface area (Å²) < 4.78 is 25.9. The van der Waals surface area contributed by atoms with Gasteiger partial charge in [-0.2, -0.15) is 4.31 Å². The summed E-state index contributed by atoms with van der Waals surface area (Å²) in [7, 11) is -2.07. The van der Waals surface area contributed by atoms with Crippen molar-refractivity contribution in [2.24, 2.45) is 0 Å². The number of H-pyrrole nitrogens is 1. The molecule has 2 aromatic rings. The SMILES string of the molecule is CC(O)c1ccc(S(=O)(=O)N(C)Cc2ncc[nH]2)cc1. The Balaban J connectivity index is 2.21. The smallest absolute Gasteiger partial charge is 0.243 e. The van der Waals surface area contributed by atoms with Crippen LogP contribution in [0.4, 0.5) is 0 Å². The molecule has 7 heteroatoms. The molecule has 1 aromatic carbocycles. The Morgan fingerprint density at radius 1 is 1.35 bits per heavy atom. The molecule has 2 N–H and O–H groups in total. The lowest BCUT2D eigenvalue weighted by atomic mass is 10.1. The van der Waals surface area contributed by atoms with E-state index in [-0.39, 0.29) is 11.4 Å². The summed E-state index contributed by atoms with van der Waals surface area (Å²) in [5.41, 5.74) is 0.678. The molecule has 1 unspecified atom stereocenters. The predicted molar refractivity (Wildman–Crippen MR) is 74.3 cm³/mol. The molecule has 0 aliphatic rings. The van der Waals surface area contributed by atoms with E-state index in [4.69, 9.17) is 0 Å². The van der Waals surface area contributed by atoms with Crippen molar-refractivity contribution in [2.75, 3.05) is 7.05 Å². The highest BCUT2D eigenvalue weighted by Crippen LogP contribution is 2.19. The van der Waals surface area contributed by atoms with Crippen molar-refractivity contribution in [3.63, 3.8) is 0 Å². The molecule has 1 atom stereocenters. The highest BCUT2D eigenvalue weighted by molar-refractivity contribution is 7.89. The number of nitrogens with one attached hydrogen (secondary N) is 1. The molecule has 0 saturated carbocycles. The number of aromatic amines is 1. The predicted octanol–water partition coefficient (Wildman–Crippen LogP) is 1.28. The molecule has 0 saturated heterocycles. The molecular formula is C13H17N3O3S. The summed E-state index contributed by atoms with van der Waals surface area (Å²) in [5, 5.41) is 9.43. The third-order valence-corrected chi connectivity index (χ3v) is 4.82. The molecule has 0 amide bonds. The molecule has 0 spiro atoms. The molecule has 6 nitrogen and oxygen atoms in total. The summed E-state index contributed by atoms with van der Waals surface area (Å²) in [6.45, 7) is 1.81. The first kappa shape index (κ1) is 14.7. The van der Waals surface area contributed by atoms with Crippen LogP contribution in [0.3, 0.4) is 0 Å². The first-order valence-corrected chi connectivity index (χ1v) is 7.58. The van der Waals surface area contributed by atoms with Gasteiger partial charge in [-0.15, -0.1) is 0 Å². The van der Waals surface area contributed by atoms with Gasteiger partial charge in [0.25, 0.3) is 0 Å². The fourth-order valence-corrected chi connectivity index (χ4v) is 2.91. The summed E-state index contributed by atoms with van der Waals surface area (Å²) >= 11 is 0. The largest absolute Gasteiger partial charge is 0.389 e. The fourth-order valence-electron chi connectivity index (χ4n) is 1.78. The van der Waals surface area contributed by atoms with Crippen molar-refractivity contribution in [2.45, 2.75) is 24.5 Å². The zero-order chi connectivity index (χ0) is 14.8. The van der Waals surface area contributed by atoms with Crippen LogP contribution < -0.4 is 0 Å². The minimum atomic E-state index is -3.57. The van der Waals surface area contributed by atoms with Crippen molar-refractivity contribution < 1.29 is 13.5 Å². The molecule has 0 radical (unpaired) electrons. The van der Waals surface area contributed by atoms with Crippen LogP contribution in [-0.2, 0) is 16.6 Å². The minimum Gasteiger partial charge on any atom is -0.389 e. The van der Waals surface area contributed by atoms with E-state index in [2.05, 4.69) is 9.97 Å². The van der Waals surface area contributed by atoms with Crippen LogP contribution in [0.15, 0.2) is 41.6 Å². The zero-order valence-corrected chi connectivity index (χ0v) is 12.1. The molecule has 108 valence electrons. The summed E-state index contributed by atoms with van der Waals surface area (Å²) in [5.74, 6) is 0.580. The second-order valence-electron chi connectivity index (χ2n) is 4.54. The van der Waals surface area contributed by atoms with Gasteiger partial charge in [-0.25, -0.2) is 13.4 Å². The van der Waals surface area contributed by atoms with Crippen molar-refractivity contribution in [1.82, 2.24) is 14.3 Å². The maximum atomic E-state index is 12.4. The van der Waals surface area contributed by atoms with Crippen LogP contribution in [-0.4, -0.2) is 34.8 Å². The van der Waals surface area contributed by atoms with Crippen LogP contribution in [0.5, 0.6) is 0 Å². The molecule has 0 aliphatic carbocycles. The van der Waals surface area contributed by atoms with Crippen molar-refractivity contribution in [1.29, 1.82) is 0 Å². The molecule has 1 heterocycles. The molecule has 20 heavy (non-hydrogen) atoms. The second kappa shape index (κ2) is 5.74. The Bertz CT molecular complexity index is 649. The number of benzene rings is 1. The average Bonchev–Trinajstić information content (AvgIpc) is 2.91. The van der Waals surface area contributed by atoms with E-state index >= 15 is 0 Å². The van der Waals surface area contributed by atoms with Crippen molar-refractivity contribution in [3.05, 3.63) is 48.0 Å². The van der Waals surface area contributed by atoms with Gasteiger partial charge in [0.2, 0.25) is 10.0 Å². The van der Waals surface area contributed by atoms with Crippen LogP contribution in [0.25, 0.3) is 0 Å². The van der Waals surface area contributed by atoms with Crippen molar-refractivity contribution >= 4 is 10.0 Å². The molecular weight excluding hydrogens is 278 g/mol. The third kappa shape index (κ3) is 3.06. The van der Waals surface area contributed by atoms with Gasteiger partial charge in [0.15, 0.2) is 0 Å². The maximum absolute atomic E-state index is 12.4. The van der Waals surface area contributed by atoms with E-state index in [1.54, 1.807) is 31.5 Å². The number of aliphatic hydroxyl groups excluding tert-OH is 1. The quantitative estimate of drug-likeness (QED) is 0.870. The Morgan fingerprint density at radius 2 is 2.00 bits per heavy atom. The van der Waals surface area contributed by atoms with Gasteiger partial charge in [0.05, 0.1) is 17.5 Å². The van der Waals surface area contributed by atoms with Crippen LogP contribution in [0.2, 0.25) is 0 Å². The van der Waals surface area contributed by atoms with Crippen molar-refractivity contribution in [3.8, 4) is 0 Å². The Labute approximate surface area is 118 Å². The normalized spacial score (nSPS) is 13.6. The van der Waals surface area contributed by atoms with Gasteiger partial charge in [-0.05, 0) is 24.6 Å². The highest BCUT2D eigenvalue weighted by Gasteiger charge is 2.21. The standard InChI is InChI=1S/C13H17N3O3S/c1-10(17)11-3-5-12(6-4-11)20(18,19)16(2)9-13-14-7-8-15-13/h3-8,10,17H,9H2,1-2H3,(H,14,15). The van der Waals surface area contributed by atoms with Gasteiger partial charge in [0.1, 0.15) is 5.82 Å². The monoisotopic (exact) mass is 295 g/mol. The van der Waals surface area contributed by atoms with Crippen LogP contribution >= 0.6 is 0 Å². The van der Waals surface area contributed by atoms with E-state index in [1.807, 2.05) is 0 Å². The van der Waals surface area contributed by atoms with E-state index in [9.17, 15) is 13.5 Å². The lowest BCUT2D eigenvalue weighted by molar-refractivity contribution is 0.199. The summed E-state index contributed by atoms with van der Waals surface area (Å²) in [6, 6.07) is 6.21. The number of nitrogens with zero attached hydrogens (tertiary/aromatic N) is 2. The van der Waals surface area contributed by atoms with Gasteiger partial charge in [0, 0.05) is 19.4 Å². The van der Waals surface area contributed by atoms with E-state index in [0.29, 0.717) is 11.4 Å². The minimum absolute atomic E-state index is 0.174. The van der Waals surface area contributed by atoms with E-state index in [0.717, 1.165) is 0 Å². The van der Waals surface area contributed by atoms with Crippen LogP contribution in [0.1, 0.15) is 24.4 Å². The number of imidazole rings is 1. The number of hydrogen-bond acceptors (Lipinski definition) is 4. The Morgan fingerprint density at radius 3 is 2.50 bits per heavy atom. The third-order valence-electron chi connectivity index (χ3n) is 3.00. The first-order chi connectivity index (χ1) is 9.41. The number of sulfonamides is 1. The molecule has 2 rings (SSSR count). The summed E-state index contributed by atoms with van der Waals surface area (Å²) in [4.78, 5) is 7.06. The lowest BCUT2D eigenvalue weighted by Gasteiger charge is -2.16. The van der Waals surface area contributed by atoms with Gasteiger partial charge in [-0.1, -0.05) is 12.1 Å². The highest BCUT2D eigenvalue weighted by atomic mass is 32.2. The van der Waals surface area contributed by atoms with Gasteiger partial charge < -0.3 is 10.1 Å². The second-order valence-corrected chi connectivity index (χ2v) is 6.59. The zero-order valence-electron chi connectivity index (χ0n) is 11.3. The van der Waals surface area contributed by atoms with Gasteiger partial charge in [-0.3, -0.25) is 0 Å². The number of aromatic nitrogens is 2. The fraction of sp³-hybridized carbons (Fsp3) is 0.308. The topological polar surface area (TPSA) is 86.3 Å². The summed E-state index contributed by atoms with van der Waals surface area (Å²) in [6.07, 6.45) is 2.60. The van der Waals surface area contributed by atoms with Crippen LogP contribution in [0, 0.1) is 0 Å². The number of rotatable bonds is 5. The number of aliphatic hydroxyl groups is 1. The molecule has 0 bridgehead atoms. The Kier molecular flexibility index (Phi) is 4.22. The number of hydrogen-bond donors (Lipinski definition) is 2. The maximum Gasteiger partial charge on any atom is 0.243 e. The molecule has 0 aliphatic heterocycles. The molecule has 0 fully saturated rings. The van der Waals surface area contributed by atoms with E-state index in [1.165, 1.54) is 23.5 Å². The first-order valence-electron chi connectivity index (χ1n) is 6.14. The average molecular weight is 295 g/mol. The Hall–Kier alpha value is -1.70. The van der Waals surface area contributed by atoms with E-state index < -0.39 is 16.1 Å². The molecule has 1 aromatic heterocycles.